The molecule has 1 amide bonds. The molecule has 0 aliphatic heterocycles. The van der Waals surface area contributed by atoms with E-state index in [1.807, 2.05) is 6.92 Å². The van der Waals surface area contributed by atoms with Crippen LogP contribution in [0.5, 0.6) is 0 Å². The number of nitrogens with two attached hydrogens (primary N) is 1. The van der Waals surface area contributed by atoms with E-state index in [2.05, 4.69) is 5.32 Å². The Labute approximate surface area is 152 Å². The first kappa shape index (κ1) is 20.3. The fourth-order valence-electron chi connectivity index (χ4n) is 3.34. The molecule has 1 saturated carbocycles. The molecule has 0 spiro atoms. The van der Waals surface area contributed by atoms with E-state index in [9.17, 15) is 23.1 Å². The highest BCUT2D eigenvalue weighted by atomic mass is 32.2. The summed E-state index contributed by atoms with van der Waals surface area (Å²) in [5.41, 5.74) is -1.74. The normalized spacial score (nSPS) is 24.5. The summed E-state index contributed by atoms with van der Waals surface area (Å²) in [7, 11) is -3.74. The SMILES string of the molecule is CCOC1CC(NC(=O)c2cccc(CS(N)(=O)=O)c2)(C(=O)O)C1(C)C. The molecule has 144 valence electrons. The Hall–Kier alpha value is -1.97. The number of carbonyl (C=O) groups is 2. The Morgan fingerprint density at radius 1 is 1.38 bits per heavy atom. The number of hydrogen-bond donors (Lipinski definition) is 3. The van der Waals surface area contributed by atoms with Crippen molar-refractivity contribution < 1.29 is 27.9 Å². The highest BCUT2D eigenvalue weighted by Gasteiger charge is 2.66. The predicted octanol–water partition coefficient (Wildman–Crippen LogP) is 0.863. The predicted molar refractivity (Wildman–Crippen MR) is 94.9 cm³/mol. The second-order valence-corrected chi connectivity index (χ2v) is 8.66. The van der Waals surface area contributed by atoms with Gasteiger partial charge in [0.25, 0.3) is 5.91 Å². The van der Waals surface area contributed by atoms with E-state index in [-0.39, 0.29) is 18.1 Å². The van der Waals surface area contributed by atoms with Gasteiger partial charge < -0.3 is 15.2 Å². The zero-order valence-electron chi connectivity index (χ0n) is 15.0. The lowest BCUT2D eigenvalue weighted by Gasteiger charge is -2.58. The van der Waals surface area contributed by atoms with Crippen LogP contribution in [0, 0.1) is 5.41 Å². The van der Waals surface area contributed by atoms with Crippen LogP contribution >= 0.6 is 0 Å². The van der Waals surface area contributed by atoms with Crippen molar-refractivity contribution >= 4 is 21.9 Å². The van der Waals surface area contributed by atoms with Gasteiger partial charge in [0.15, 0.2) is 0 Å². The number of carbonyl (C=O) groups excluding carboxylic acids is 1. The van der Waals surface area contributed by atoms with Crippen LogP contribution in [0.15, 0.2) is 24.3 Å². The Morgan fingerprint density at radius 3 is 2.54 bits per heavy atom. The number of nitrogens with one attached hydrogen (secondary N) is 1. The van der Waals surface area contributed by atoms with Crippen LogP contribution in [-0.4, -0.2) is 43.7 Å². The van der Waals surface area contributed by atoms with Crippen molar-refractivity contribution in [3.63, 3.8) is 0 Å². The van der Waals surface area contributed by atoms with Crippen molar-refractivity contribution in [2.45, 2.75) is 44.6 Å². The third-order valence-electron chi connectivity index (χ3n) is 5.01. The van der Waals surface area contributed by atoms with Gasteiger partial charge in [-0.2, -0.15) is 0 Å². The van der Waals surface area contributed by atoms with Gasteiger partial charge in [-0.15, -0.1) is 0 Å². The molecule has 0 aromatic heterocycles. The van der Waals surface area contributed by atoms with E-state index in [1.165, 1.54) is 24.3 Å². The summed E-state index contributed by atoms with van der Waals surface area (Å²) in [6, 6.07) is 5.94. The van der Waals surface area contributed by atoms with Gasteiger partial charge >= 0.3 is 5.97 Å². The maximum Gasteiger partial charge on any atom is 0.330 e. The summed E-state index contributed by atoms with van der Waals surface area (Å²) in [5, 5.41) is 17.4. The maximum absolute atomic E-state index is 12.6. The molecule has 1 aromatic carbocycles. The van der Waals surface area contributed by atoms with Crippen molar-refractivity contribution in [1.82, 2.24) is 5.32 Å². The number of rotatable bonds is 7. The van der Waals surface area contributed by atoms with Gasteiger partial charge in [-0.25, -0.2) is 18.4 Å². The standard InChI is InChI=1S/C17H24N2O6S/c1-4-25-13-9-17(15(21)22,16(13,2)3)19-14(20)12-7-5-6-11(8-12)10-26(18,23)24/h5-8,13H,4,9-10H2,1-3H3,(H,19,20)(H,21,22)(H2,18,23,24). The number of aliphatic carboxylic acids is 1. The Bertz CT molecular complexity index is 820. The van der Waals surface area contributed by atoms with Gasteiger partial charge in [-0.3, -0.25) is 4.79 Å². The first-order chi connectivity index (χ1) is 11.9. The molecule has 9 heteroatoms. The third kappa shape index (κ3) is 3.74. The van der Waals surface area contributed by atoms with Crippen LogP contribution in [-0.2, 0) is 25.3 Å². The van der Waals surface area contributed by atoms with Crippen molar-refractivity contribution in [3.05, 3.63) is 35.4 Å². The Morgan fingerprint density at radius 2 is 2.04 bits per heavy atom. The van der Waals surface area contributed by atoms with Gasteiger partial charge in [0.2, 0.25) is 10.0 Å². The van der Waals surface area contributed by atoms with Gasteiger partial charge in [0, 0.05) is 24.0 Å². The average Bonchev–Trinajstić information content (AvgIpc) is 2.51. The molecule has 1 aromatic rings. The van der Waals surface area contributed by atoms with E-state index >= 15 is 0 Å². The van der Waals surface area contributed by atoms with Crippen LogP contribution in [0.3, 0.4) is 0 Å². The zero-order valence-corrected chi connectivity index (χ0v) is 15.8. The Kier molecular flexibility index (Phi) is 5.46. The summed E-state index contributed by atoms with van der Waals surface area (Å²) in [6.07, 6.45) is -0.121. The molecule has 0 saturated heterocycles. The van der Waals surface area contributed by atoms with E-state index in [1.54, 1.807) is 13.8 Å². The monoisotopic (exact) mass is 384 g/mol. The number of sulfonamides is 1. The zero-order chi connectivity index (χ0) is 19.8. The summed E-state index contributed by atoms with van der Waals surface area (Å²) >= 11 is 0. The smallest absolute Gasteiger partial charge is 0.330 e. The van der Waals surface area contributed by atoms with Crippen LogP contribution in [0.1, 0.15) is 43.1 Å². The van der Waals surface area contributed by atoms with Crippen LogP contribution in [0.25, 0.3) is 0 Å². The number of amides is 1. The minimum atomic E-state index is -3.74. The first-order valence-electron chi connectivity index (χ1n) is 8.20. The van der Waals surface area contributed by atoms with E-state index < -0.39 is 38.6 Å². The molecule has 1 aliphatic rings. The largest absolute Gasteiger partial charge is 0.479 e. The molecule has 2 unspecified atom stereocenters. The molecule has 0 radical (unpaired) electrons. The lowest BCUT2D eigenvalue weighted by molar-refractivity contribution is -0.190. The lowest BCUT2D eigenvalue weighted by atomic mass is 9.54. The van der Waals surface area contributed by atoms with Crippen LogP contribution < -0.4 is 10.5 Å². The topological polar surface area (TPSA) is 136 Å². The molecule has 0 heterocycles. The molecule has 1 fully saturated rings. The van der Waals surface area contributed by atoms with E-state index in [0.717, 1.165) is 0 Å². The van der Waals surface area contributed by atoms with Gasteiger partial charge in [-0.05, 0) is 24.6 Å². The molecule has 2 atom stereocenters. The summed E-state index contributed by atoms with van der Waals surface area (Å²) < 4.78 is 28.0. The third-order valence-corrected chi connectivity index (χ3v) is 5.75. The Balaban J connectivity index is 2.25. The molecular weight excluding hydrogens is 360 g/mol. The fourth-order valence-corrected chi connectivity index (χ4v) is 3.98. The maximum atomic E-state index is 12.6. The number of hydrogen-bond acceptors (Lipinski definition) is 5. The number of benzene rings is 1. The molecule has 0 bridgehead atoms. The quantitative estimate of drug-likeness (QED) is 0.638. The lowest BCUT2D eigenvalue weighted by Crippen LogP contribution is -2.76. The summed E-state index contributed by atoms with van der Waals surface area (Å²) in [6.45, 7) is 5.76. The van der Waals surface area contributed by atoms with Crippen molar-refractivity contribution in [1.29, 1.82) is 0 Å². The second-order valence-electron chi connectivity index (χ2n) is 7.04. The van der Waals surface area contributed by atoms with Crippen molar-refractivity contribution in [3.8, 4) is 0 Å². The van der Waals surface area contributed by atoms with Gasteiger partial charge in [-0.1, -0.05) is 26.0 Å². The first-order valence-corrected chi connectivity index (χ1v) is 9.91. The van der Waals surface area contributed by atoms with Gasteiger partial charge in [0.1, 0.15) is 5.54 Å². The minimum absolute atomic E-state index is 0.159. The highest BCUT2D eigenvalue weighted by molar-refractivity contribution is 7.88. The number of carboxylic acids is 1. The van der Waals surface area contributed by atoms with E-state index in [4.69, 9.17) is 9.88 Å². The number of primary sulfonamides is 1. The second kappa shape index (κ2) is 6.98. The molecule has 4 N–H and O–H groups in total. The summed E-state index contributed by atoms with van der Waals surface area (Å²) in [5.74, 6) is -2.13. The van der Waals surface area contributed by atoms with E-state index in [0.29, 0.717) is 12.2 Å². The minimum Gasteiger partial charge on any atom is -0.479 e. The molecular formula is C17H24N2O6S. The molecule has 2 rings (SSSR count). The van der Waals surface area contributed by atoms with Crippen molar-refractivity contribution in [2.24, 2.45) is 10.6 Å². The summed E-state index contributed by atoms with van der Waals surface area (Å²) in [4.78, 5) is 24.6. The fraction of sp³-hybridized carbons (Fsp3) is 0.529. The molecule has 8 nitrogen and oxygen atoms in total. The number of ether oxygens (including phenoxy) is 1. The molecule has 1 aliphatic carbocycles. The average molecular weight is 384 g/mol. The highest BCUT2D eigenvalue weighted by Crippen LogP contribution is 2.51. The number of carboxylic acid groups (broad SMARTS) is 1. The van der Waals surface area contributed by atoms with Gasteiger partial charge in [0.05, 0.1) is 11.9 Å². The van der Waals surface area contributed by atoms with Crippen molar-refractivity contribution in [2.75, 3.05) is 6.61 Å². The van der Waals surface area contributed by atoms with Crippen LogP contribution in [0.2, 0.25) is 0 Å². The van der Waals surface area contributed by atoms with Crippen LogP contribution in [0.4, 0.5) is 0 Å². The molecule has 26 heavy (non-hydrogen) atoms.